The number of carboxylic acids is 1. The van der Waals surface area contributed by atoms with E-state index in [1.54, 1.807) is 32.2 Å². The number of aliphatic hydroxyl groups is 1. The molecule has 3 aromatic carbocycles. The summed E-state index contributed by atoms with van der Waals surface area (Å²) >= 11 is 1.27. The van der Waals surface area contributed by atoms with Crippen LogP contribution in [-0.4, -0.2) is 56.2 Å². The van der Waals surface area contributed by atoms with Gasteiger partial charge in [0.05, 0.1) is 28.9 Å². The minimum absolute atomic E-state index is 0.0425. The molecule has 2 heterocycles. The van der Waals surface area contributed by atoms with Gasteiger partial charge in [-0.1, -0.05) is 22.4 Å². The van der Waals surface area contributed by atoms with Crippen molar-refractivity contribution in [2.24, 2.45) is 0 Å². The van der Waals surface area contributed by atoms with Crippen LogP contribution in [0.15, 0.2) is 59.5 Å². The van der Waals surface area contributed by atoms with Gasteiger partial charge in [0.15, 0.2) is 5.52 Å². The molecule has 3 N–H and O–H groups in total. The summed E-state index contributed by atoms with van der Waals surface area (Å²) in [6.45, 7) is 1.24. The van der Waals surface area contributed by atoms with Crippen LogP contribution in [0, 0.1) is 6.92 Å². The number of hydrogen-bond donors (Lipinski definition) is 3. The first-order chi connectivity index (χ1) is 18.1. The Morgan fingerprint density at radius 2 is 1.92 bits per heavy atom. The van der Waals surface area contributed by atoms with Crippen LogP contribution in [0.4, 0.5) is 0 Å². The predicted molar refractivity (Wildman–Crippen MR) is 135 cm³/mol. The first-order valence-electron chi connectivity index (χ1n) is 11.0. The summed E-state index contributed by atoms with van der Waals surface area (Å²) in [5.74, 6) is -0.472. The topological polar surface area (TPSA) is 169 Å². The number of aliphatic hydroxyl groups excluding tert-OH is 1. The van der Waals surface area contributed by atoms with Gasteiger partial charge < -0.3 is 14.9 Å². The molecule has 0 atom stereocenters. The molecular formula is C24H20N5O7S2+. The molecule has 5 aromatic rings. The molecule has 2 aromatic heterocycles. The molecule has 14 heteroatoms. The summed E-state index contributed by atoms with van der Waals surface area (Å²) in [6, 6.07) is 13.7. The maximum atomic E-state index is 11.8. The number of aryl methyl sites for hydroxylation is 1. The van der Waals surface area contributed by atoms with Crippen LogP contribution in [0.25, 0.3) is 32.4 Å². The van der Waals surface area contributed by atoms with Crippen molar-refractivity contribution in [1.29, 1.82) is 0 Å². The molecule has 0 bridgehead atoms. The van der Waals surface area contributed by atoms with Gasteiger partial charge in [-0.15, -0.1) is 0 Å². The smallest absolute Gasteiger partial charge is 0.365 e. The Balaban J connectivity index is 1.79. The number of aromatic nitrogens is 5. The molecule has 5 rings (SSSR count). The van der Waals surface area contributed by atoms with Gasteiger partial charge in [0.2, 0.25) is 0 Å². The van der Waals surface area contributed by atoms with Gasteiger partial charge in [0.1, 0.15) is 11.4 Å². The maximum Gasteiger partial charge on any atom is 0.365 e. The minimum atomic E-state index is -4.50. The summed E-state index contributed by atoms with van der Waals surface area (Å²) in [7, 11) is -2.95. The van der Waals surface area contributed by atoms with E-state index < -0.39 is 22.7 Å². The first-order valence-corrected chi connectivity index (χ1v) is 13.2. The van der Waals surface area contributed by atoms with Gasteiger partial charge in [-0.3, -0.25) is 4.55 Å². The average molecular weight is 555 g/mol. The highest BCUT2D eigenvalue weighted by molar-refractivity contribution is 7.85. The van der Waals surface area contributed by atoms with Gasteiger partial charge in [0.25, 0.3) is 15.9 Å². The lowest BCUT2D eigenvalue weighted by atomic mass is 10.1. The molecule has 0 unspecified atom stereocenters. The van der Waals surface area contributed by atoms with Crippen LogP contribution < -0.4 is 9.53 Å². The fourth-order valence-electron chi connectivity index (χ4n) is 3.83. The zero-order valence-electron chi connectivity index (χ0n) is 19.9. The molecule has 0 aliphatic heterocycles. The van der Waals surface area contributed by atoms with Crippen molar-refractivity contribution in [3.8, 4) is 28.0 Å². The van der Waals surface area contributed by atoms with E-state index in [9.17, 15) is 28.0 Å². The van der Waals surface area contributed by atoms with Crippen LogP contribution in [0.1, 0.15) is 21.5 Å². The number of rotatable bonds is 7. The van der Waals surface area contributed by atoms with E-state index in [4.69, 9.17) is 4.74 Å². The van der Waals surface area contributed by atoms with Gasteiger partial charge in [-0.2, -0.15) is 8.42 Å². The summed E-state index contributed by atoms with van der Waals surface area (Å²) < 4.78 is 39.3. The number of carbonyl (C=O) groups is 1. The normalized spacial score (nSPS) is 11.7. The van der Waals surface area contributed by atoms with Crippen molar-refractivity contribution in [3.63, 3.8) is 0 Å². The molecule has 0 aliphatic carbocycles. The largest absolute Gasteiger partial charge is 0.497 e. The number of aromatic carboxylic acids is 1. The number of benzene rings is 3. The lowest BCUT2D eigenvalue weighted by molar-refractivity contribution is -0.734. The van der Waals surface area contributed by atoms with Gasteiger partial charge >= 0.3 is 11.1 Å². The van der Waals surface area contributed by atoms with Crippen LogP contribution in [-0.2, 0) is 16.7 Å². The van der Waals surface area contributed by atoms with E-state index in [-0.39, 0.29) is 27.5 Å². The zero-order valence-corrected chi connectivity index (χ0v) is 21.6. The molecule has 0 radical (unpaired) electrons. The Morgan fingerprint density at radius 1 is 1.13 bits per heavy atom. The monoisotopic (exact) mass is 554 g/mol. The fourth-order valence-corrected chi connectivity index (χ4v) is 5.37. The summed E-state index contributed by atoms with van der Waals surface area (Å²) in [6.07, 6.45) is 0. The molecule has 38 heavy (non-hydrogen) atoms. The number of nitrogens with zero attached hydrogens (tertiary/aromatic N) is 5. The van der Waals surface area contributed by atoms with E-state index in [1.165, 1.54) is 51.3 Å². The third-order valence-electron chi connectivity index (χ3n) is 5.64. The van der Waals surface area contributed by atoms with Crippen molar-refractivity contribution < 1.29 is 37.5 Å². The highest BCUT2D eigenvalue weighted by Gasteiger charge is 2.28. The standard InChI is InChI=1S/C24H19N5O7S2/c1-13-7-16(9-18(8-13)38(33,34)35)22-26-28(20-10-14(23(31)32)3-4-15(20)12-30)29(27-22)24-25-19-6-5-17(36-2)11-21(19)37-24/h3-11,30H,12H2,1-2H3,(H-,31,32,33,34,35)/p+1. The van der Waals surface area contributed by atoms with Crippen molar-refractivity contribution in [2.45, 2.75) is 18.4 Å². The van der Waals surface area contributed by atoms with Crippen molar-refractivity contribution >= 4 is 37.6 Å². The van der Waals surface area contributed by atoms with Crippen LogP contribution in [0.2, 0.25) is 0 Å². The highest BCUT2D eigenvalue weighted by atomic mass is 32.2. The Labute approximate surface area is 219 Å². The molecule has 0 aliphatic rings. The minimum Gasteiger partial charge on any atom is -0.497 e. The van der Waals surface area contributed by atoms with Gasteiger partial charge in [-0.05, 0) is 69.6 Å². The van der Waals surface area contributed by atoms with Gasteiger partial charge in [0, 0.05) is 22.3 Å². The van der Waals surface area contributed by atoms with Crippen molar-refractivity contribution in [1.82, 2.24) is 20.0 Å². The number of methoxy groups -OCH3 is 1. The Bertz CT molecular complexity index is 1830. The first kappa shape index (κ1) is 25.4. The number of tetrazole rings is 1. The second-order valence-corrected chi connectivity index (χ2v) is 10.7. The molecule has 0 spiro atoms. The summed E-state index contributed by atoms with van der Waals surface area (Å²) in [4.78, 5) is 18.6. The van der Waals surface area contributed by atoms with E-state index in [2.05, 4.69) is 15.2 Å². The second-order valence-electron chi connectivity index (χ2n) is 8.25. The molecule has 0 saturated carbocycles. The molecule has 0 saturated heterocycles. The fraction of sp³-hybridized carbons (Fsp3) is 0.125. The maximum absolute atomic E-state index is 11.8. The SMILES string of the molecule is COc1ccc2nc(-[n+]3nc(-c4cc(C)cc(S(=O)(=O)O)c4)nn3-c3cc(C(=O)O)ccc3CO)sc2c1. The van der Waals surface area contributed by atoms with Crippen LogP contribution in [0.3, 0.4) is 0 Å². The van der Waals surface area contributed by atoms with E-state index >= 15 is 0 Å². The highest BCUT2D eigenvalue weighted by Crippen LogP contribution is 2.28. The molecule has 0 fully saturated rings. The Morgan fingerprint density at radius 3 is 2.61 bits per heavy atom. The third kappa shape index (κ3) is 4.72. The molecule has 0 amide bonds. The summed E-state index contributed by atoms with van der Waals surface area (Å²) in [5.41, 5.74) is 2.03. The average Bonchev–Trinajstić information content (AvgIpc) is 3.51. The van der Waals surface area contributed by atoms with Crippen molar-refractivity contribution in [2.75, 3.05) is 7.11 Å². The van der Waals surface area contributed by atoms with Gasteiger partial charge in [-0.25, -0.2) is 4.79 Å². The number of ether oxygens (including phenoxy) is 1. The zero-order chi connectivity index (χ0) is 27.2. The Kier molecular flexibility index (Phi) is 6.40. The number of thiazole rings is 1. The van der Waals surface area contributed by atoms with Crippen LogP contribution in [0.5, 0.6) is 5.75 Å². The number of hydrogen-bond acceptors (Lipinski definition) is 9. The summed E-state index contributed by atoms with van der Waals surface area (Å²) in [5, 5.41) is 29.0. The van der Waals surface area contributed by atoms with E-state index in [1.807, 2.05) is 6.07 Å². The van der Waals surface area contributed by atoms with E-state index in [0.717, 1.165) is 4.70 Å². The third-order valence-corrected chi connectivity index (χ3v) is 7.45. The number of fused-ring (bicyclic) bond motifs is 1. The number of carboxylic acid groups (broad SMARTS) is 1. The van der Waals surface area contributed by atoms with E-state index in [0.29, 0.717) is 27.5 Å². The lowest BCUT2D eigenvalue weighted by Crippen LogP contribution is -2.43. The molecule has 194 valence electrons. The second kappa shape index (κ2) is 9.57. The predicted octanol–water partition coefficient (Wildman–Crippen LogP) is 2.57. The Hall–Kier alpha value is -4.24. The quantitative estimate of drug-likeness (QED) is 0.201. The molecular weight excluding hydrogens is 534 g/mol. The van der Waals surface area contributed by atoms with Crippen molar-refractivity contribution in [3.05, 3.63) is 71.3 Å². The molecule has 12 nitrogen and oxygen atoms in total. The van der Waals surface area contributed by atoms with Crippen LogP contribution >= 0.6 is 11.3 Å². The lowest BCUT2D eigenvalue weighted by Gasteiger charge is -2.06.